The van der Waals surface area contributed by atoms with Gasteiger partial charge in [-0.2, -0.15) is 0 Å². The zero-order valence-electron chi connectivity index (χ0n) is 18.9. The van der Waals surface area contributed by atoms with Gasteiger partial charge in [-0.05, 0) is 36.2 Å². The fourth-order valence-corrected chi connectivity index (χ4v) is 4.77. The number of pyridine rings is 1. The quantitative estimate of drug-likeness (QED) is 0.574. The Morgan fingerprint density at radius 2 is 1.86 bits per heavy atom. The van der Waals surface area contributed by atoms with Crippen molar-refractivity contribution in [3.63, 3.8) is 0 Å². The van der Waals surface area contributed by atoms with E-state index in [1.54, 1.807) is 29.2 Å². The molecule has 0 bridgehead atoms. The van der Waals surface area contributed by atoms with Crippen molar-refractivity contribution in [3.8, 4) is 11.3 Å². The second kappa shape index (κ2) is 9.98. The van der Waals surface area contributed by atoms with Crippen LogP contribution in [-0.4, -0.2) is 58.8 Å². The van der Waals surface area contributed by atoms with Gasteiger partial charge in [0.25, 0.3) is 5.91 Å². The van der Waals surface area contributed by atoms with E-state index in [1.807, 2.05) is 42.5 Å². The highest BCUT2D eigenvalue weighted by Gasteiger charge is 2.48. The lowest BCUT2D eigenvalue weighted by Gasteiger charge is -2.27. The Bertz CT molecular complexity index is 1230. The van der Waals surface area contributed by atoms with Crippen LogP contribution in [0, 0.1) is 0 Å². The van der Waals surface area contributed by atoms with E-state index in [1.165, 1.54) is 6.20 Å². The summed E-state index contributed by atoms with van der Waals surface area (Å²) in [6, 6.07) is 18.8. The normalized spacial score (nSPS) is 19.9. The van der Waals surface area contributed by atoms with E-state index >= 15 is 0 Å². The molecule has 8 heteroatoms. The van der Waals surface area contributed by atoms with Crippen LogP contribution in [0.5, 0.6) is 0 Å². The highest BCUT2D eigenvalue weighted by molar-refractivity contribution is 6.30. The van der Waals surface area contributed by atoms with Gasteiger partial charge in [-0.1, -0.05) is 54.1 Å². The van der Waals surface area contributed by atoms with Crippen LogP contribution in [-0.2, 0) is 20.7 Å². The molecule has 3 unspecified atom stereocenters. The molecule has 5 rings (SSSR count). The van der Waals surface area contributed by atoms with E-state index in [0.29, 0.717) is 23.6 Å². The molecule has 7 nitrogen and oxygen atoms in total. The van der Waals surface area contributed by atoms with Gasteiger partial charge in [-0.25, -0.2) is 0 Å². The molecule has 0 radical (unpaired) electrons. The van der Waals surface area contributed by atoms with Crippen molar-refractivity contribution in [1.82, 2.24) is 15.2 Å². The monoisotopic (exact) mass is 489 g/mol. The predicted molar refractivity (Wildman–Crippen MR) is 131 cm³/mol. The molecule has 0 spiro atoms. The summed E-state index contributed by atoms with van der Waals surface area (Å²) in [4.78, 5) is 45.0. The van der Waals surface area contributed by atoms with Crippen molar-refractivity contribution in [3.05, 3.63) is 89.1 Å². The highest BCUT2D eigenvalue weighted by atomic mass is 35.5. The molecule has 2 aliphatic heterocycles. The molecule has 2 amide bonds. The van der Waals surface area contributed by atoms with Crippen molar-refractivity contribution in [2.24, 2.45) is 0 Å². The third kappa shape index (κ3) is 4.97. The number of aromatic nitrogens is 1. The zero-order valence-corrected chi connectivity index (χ0v) is 19.6. The number of carbonyl (C=O) groups is 3. The molecule has 2 aliphatic rings. The summed E-state index contributed by atoms with van der Waals surface area (Å²) < 4.78 is 5.53. The van der Waals surface area contributed by atoms with Gasteiger partial charge in [-0.15, -0.1) is 0 Å². The van der Waals surface area contributed by atoms with Gasteiger partial charge in [0, 0.05) is 29.7 Å². The Balaban J connectivity index is 1.36. The molecule has 35 heavy (non-hydrogen) atoms. The second-order valence-electron chi connectivity index (χ2n) is 8.74. The Morgan fingerprint density at radius 1 is 1.09 bits per heavy atom. The molecule has 2 fully saturated rings. The number of rotatable bonds is 6. The Kier molecular flexibility index (Phi) is 6.61. The number of ketones is 1. The van der Waals surface area contributed by atoms with Crippen LogP contribution in [0.25, 0.3) is 11.3 Å². The second-order valence-corrected chi connectivity index (χ2v) is 9.17. The van der Waals surface area contributed by atoms with E-state index < -0.39 is 18.0 Å². The van der Waals surface area contributed by atoms with Crippen LogP contribution in [0.3, 0.4) is 0 Å². The number of nitrogens with zero attached hydrogens (tertiary/aromatic N) is 2. The van der Waals surface area contributed by atoms with Gasteiger partial charge in [0.2, 0.25) is 5.91 Å². The largest absolute Gasteiger partial charge is 0.368 e. The fourth-order valence-electron chi connectivity index (χ4n) is 4.65. The standard InChI is InChI=1S/C27H24ClN3O4/c28-20-9-6-17(7-10-20)14-22(27(34)31-13-12-24-25(31)23(32)16-35-24)30-26(33)19-8-11-21(29-15-19)18-4-2-1-3-5-18/h1-11,15,22,24-25H,12-14,16H2,(H,30,33). The number of ether oxygens (including phenoxy) is 1. The van der Waals surface area contributed by atoms with Crippen LogP contribution in [0.4, 0.5) is 0 Å². The molecule has 3 heterocycles. The maximum Gasteiger partial charge on any atom is 0.253 e. The van der Waals surface area contributed by atoms with E-state index in [-0.39, 0.29) is 30.8 Å². The minimum absolute atomic E-state index is 0.0206. The molecule has 2 saturated heterocycles. The summed E-state index contributed by atoms with van der Waals surface area (Å²) in [5, 5.41) is 3.46. The fraction of sp³-hybridized carbons (Fsp3) is 0.259. The van der Waals surface area contributed by atoms with Gasteiger partial charge in [-0.3, -0.25) is 19.4 Å². The van der Waals surface area contributed by atoms with Crippen LogP contribution >= 0.6 is 11.6 Å². The summed E-state index contributed by atoms with van der Waals surface area (Å²) in [6.45, 7) is 0.437. The smallest absolute Gasteiger partial charge is 0.253 e. The Labute approximate surface area is 208 Å². The molecule has 3 atom stereocenters. The number of nitrogens with one attached hydrogen (secondary N) is 1. The van der Waals surface area contributed by atoms with Crippen molar-refractivity contribution >= 4 is 29.2 Å². The van der Waals surface area contributed by atoms with Gasteiger partial charge >= 0.3 is 0 Å². The first-order valence-corrected chi connectivity index (χ1v) is 11.9. The summed E-state index contributed by atoms with van der Waals surface area (Å²) in [5.74, 6) is -0.805. The molecule has 0 saturated carbocycles. The summed E-state index contributed by atoms with van der Waals surface area (Å²) >= 11 is 6.01. The molecule has 1 aromatic heterocycles. The number of fused-ring (bicyclic) bond motifs is 1. The number of benzene rings is 2. The van der Waals surface area contributed by atoms with Crippen LogP contribution in [0.15, 0.2) is 72.9 Å². The SMILES string of the molecule is O=C(NC(Cc1ccc(Cl)cc1)C(=O)N1CCC2OCC(=O)C21)c1ccc(-c2ccccc2)nc1. The molecule has 2 aromatic carbocycles. The average Bonchev–Trinajstić information content (AvgIpc) is 3.48. The molecule has 3 aromatic rings. The lowest BCUT2D eigenvalue weighted by Crippen LogP contribution is -2.53. The van der Waals surface area contributed by atoms with Crippen molar-refractivity contribution < 1.29 is 19.1 Å². The minimum atomic E-state index is -0.857. The molecule has 178 valence electrons. The first-order valence-electron chi connectivity index (χ1n) is 11.5. The summed E-state index contributed by atoms with van der Waals surface area (Å²) in [7, 11) is 0. The third-order valence-electron chi connectivity index (χ3n) is 6.45. The Hall–Kier alpha value is -3.55. The van der Waals surface area contributed by atoms with Crippen LogP contribution in [0.2, 0.25) is 5.02 Å². The van der Waals surface area contributed by atoms with Gasteiger partial charge < -0.3 is 15.0 Å². The number of Topliss-reactive ketones (excluding diaryl/α,β-unsaturated/α-hetero) is 1. The average molecular weight is 490 g/mol. The predicted octanol–water partition coefficient (Wildman–Crippen LogP) is 3.31. The van der Waals surface area contributed by atoms with Gasteiger partial charge in [0.15, 0.2) is 5.78 Å². The van der Waals surface area contributed by atoms with Crippen molar-refractivity contribution in [1.29, 1.82) is 0 Å². The number of amides is 2. The van der Waals surface area contributed by atoms with E-state index in [4.69, 9.17) is 16.3 Å². The molecule has 0 aliphatic carbocycles. The summed E-state index contributed by atoms with van der Waals surface area (Å²) in [6.07, 6.45) is 2.10. The molecular formula is C27H24ClN3O4. The topological polar surface area (TPSA) is 88.6 Å². The van der Waals surface area contributed by atoms with E-state index in [9.17, 15) is 14.4 Å². The highest BCUT2D eigenvalue weighted by Crippen LogP contribution is 2.28. The molecule has 1 N–H and O–H groups in total. The minimum Gasteiger partial charge on any atom is -0.368 e. The Morgan fingerprint density at radius 3 is 2.57 bits per heavy atom. The van der Waals surface area contributed by atoms with Gasteiger partial charge in [0.1, 0.15) is 18.7 Å². The number of likely N-dealkylation sites (tertiary alicyclic amines) is 1. The number of hydrogen-bond donors (Lipinski definition) is 1. The number of carbonyl (C=O) groups excluding carboxylic acids is 3. The maximum atomic E-state index is 13.6. The number of halogens is 1. The first kappa shape index (κ1) is 23.2. The third-order valence-corrected chi connectivity index (χ3v) is 6.70. The maximum absolute atomic E-state index is 13.6. The lowest BCUT2D eigenvalue weighted by molar-refractivity contribution is -0.138. The lowest BCUT2D eigenvalue weighted by atomic mass is 10.0. The van der Waals surface area contributed by atoms with Crippen molar-refractivity contribution in [2.75, 3.05) is 13.2 Å². The zero-order chi connectivity index (χ0) is 24.4. The summed E-state index contributed by atoms with van der Waals surface area (Å²) in [5.41, 5.74) is 2.88. The van der Waals surface area contributed by atoms with Gasteiger partial charge in [0.05, 0.1) is 17.4 Å². The number of hydrogen-bond acceptors (Lipinski definition) is 5. The van der Waals surface area contributed by atoms with E-state index in [0.717, 1.165) is 16.8 Å². The first-order chi connectivity index (χ1) is 17.0. The van der Waals surface area contributed by atoms with Crippen molar-refractivity contribution in [2.45, 2.75) is 31.0 Å². The van der Waals surface area contributed by atoms with Crippen LogP contribution in [0.1, 0.15) is 22.3 Å². The molecular weight excluding hydrogens is 466 g/mol. The van der Waals surface area contributed by atoms with E-state index in [2.05, 4.69) is 10.3 Å². The van der Waals surface area contributed by atoms with Crippen LogP contribution < -0.4 is 5.32 Å².